The monoisotopic (exact) mass is 520 g/mol. The molecule has 0 fully saturated rings. The maximum atomic E-state index is 13.6. The molecule has 0 unspecified atom stereocenters. The molecule has 0 aromatic heterocycles. The summed E-state index contributed by atoms with van der Waals surface area (Å²) in [5, 5.41) is 6.27. The molecule has 2 aromatic carbocycles. The maximum absolute atomic E-state index is 13.6. The molecule has 9 heteroatoms. The first-order valence-corrected chi connectivity index (χ1v) is 9.89. The fraction of sp³-hybridized carbons (Fsp3) is 0.316. The summed E-state index contributed by atoms with van der Waals surface area (Å²) < 4.78 is 38.9. The molecule has 0 heterocycles. The van der Waals surface area contributed by atoms with Gasteiger partial charge < -0.3 is 10.6 Å². The zero-order chi connectivity index (χ0) is 20.0. The fourth-order valence-corrected chi connectivity index (χ4v) is 3.23. The summed E-state index contributed by atoms with van der Waals surface area (Å²) in [6, 6.07) is 11.8. The lowest BCUT2D eigenvalue weighted by Crippen LogP contribution is -2.36. The second-order valence-electron chi connectivity index (χ2n) is 6.29. The van der Waals surface area contributed by atoms with E-state index >= 15 is 0 Å². The fourth-order valence-electron chi connectivity index (χ4n) is 2.33. The van der Waals surface area contributed by atoms with Crippen molar-refractivity contribution in [3.63, 3.8) is 0 Å². The first-order valence-electron chi connectivity index (χ1n) is 8.45. The molecule has 0 aliphatic carbocycles. The van der Waals surface area contributed by atoms with Crippen molar-refractivity contribution in [3.8, 4) is 0 Å². The Kier molecular flexibility index (Phi) is 9.31. The van der Waals surface area contributed by atoms with Gasteiger partial charge in [0.2, 0.25) is 10.0 Å². The molecular formula is C19H26FIN4O2S. The van der Waals surface area contributed by atoms with E-state index in [-0.39, 0.29) is 34.7 Å². The third-order valence-electron chi connectivity index (χ3n) is 4.08. The summed E-state index contributed by atoms with van der Waals surface area (Å²) in [6.07, 6.45) is 0. The van der Waals surface area contributed by atoms with Crippen molar-refractivity contribution >= 4 is 40.0 Å². The zero-order valence-electron chi connectivity index (χ0n) is 16.4. The quantitative estimate of drug-likeness (QED) is 0.349. The molecule has 0 spiro atoms. The molecule has 2 rings (SSSR count). The van der Waals surface area contributed by atoms with E-state index < -0.39 is 10.0 Å². The molecule has 0 atom stereocenters. The second-order valence-corrected chi connectivity index (χ2v) is 8.45. The Labute approximate surface area is 183 Å². The summed E-state index contributed by atoms with van der Waals surface area (Å²) in [4.78, 5) is 4.39. The SMILES string of the molecule is CN=C(NCc1ccc(S(=O)(=O)N(C)C)cc1)NCc1ccc(C)c(F)c1.I. The lowest BCUT2D eigenvalue weighted by Gasteiger charge is -2.14. The second kappa shape index (κ2) is 10.7. The first kappa shape index (κ1) is 24.3. The highest BCUT2D eigenvalue weighted by Crippen LogP contribution is 2.14. The third-order valence-corrected chi connectivity index (χ3v) is 5.91. The van der Waals surface area contributed by atoms with E-state index in [0.29, 0.717) is 24.6 Å². The van der Waals surface area contributed by atoms with Gasteiger partial charge in [-0.15, -0.1) is 24.0 Å². The molecule has 0 aliphatic rings. The van der Waals surface area contributed by atoms with Gasteiger partial charge in [-0.05, 0) is 41.8 Å². The van der Waals surface area contributed by atoms with E-state index in [2.05, 4.69) is 15.6 Å². The van der Waals surface area contributed by atoms with Gasteiger partial charge in [0, 0.05) is 34.2 Å². The molecule has 0 radical (unpaired) electrons. The van der Waals surface area contributed by atoms with Crippen LogP contribution in [0.25, 0.3) is 0 Å². The minimum Gasteiger partial charge on any atom is -0.352 e. The zero-order valence-corrected chi connectivity index (χ0v) is 19.5. The van der Waals surface area contributed by atoms with E-state index in [1.807, 2.05) is 6.07 Å². The van der Waals surface area contributed by atoms with E-state index in [9.17, 15) is 12.8 Å². The van der Waals surface area contributed by atoms with Gasteiger partial charge in [0.15, 0.2) is 5.96 Å². The van der Waals surface area contributed by atoms with Crippen molar-refractivity contribution in [2.75, 3.05) is 21.1 Å². The summed E-state index contributed by atoms with van der Waals surface area (Å²) in [6.45, 7) is 2.64. The normalized spacial score (nSPS) is 11.9. The van der Waals surface area contributed by atoms with Gasteiger partial charge in [0.05, 0.1) is 4.90 Å². The number of nitrogens with one attached hydrogen (secondary N) is 2. The van der Waals surface area contributed by atoms with Crippen LogP contribution in [0.4, 0.5) is 4.39 Å². The topological polar surface area (TPSA) is 73.8 Å². The van der Waals surface area contributed by atoms with Gasteiger partial charge in [-0.25, -0.2) is 17.1 Å². The number of rotatable bonds is 6. The van der Waals surface area contributed by atoms with E-state index in [4.69, 9.17) is 0 Å². The standard InChI is InChI=1S/C19H25FN4O2S.HI/c1-14-5-6-16(11-18(14)20)13-23-19(21-2)22-12-15-7-9-17(10-8-15)27(25,26)24(3)4;/h5-11H,12-13H2,1-4H3,(H2,21,22,23);1H. The van der Waals surface area contributed by atoms with Crippen molar-refractivity contribution in [1.82, 2.24) is 14.9 Å². The van der Waals surface area contributed by atoms with Gasteiger partial charge in [-0.3, -0.25) is 4.99 Å². The van der Waals surface area contributed by atoms with Gasteiger partial charge in [0.25, 0.3) is 0 Å². The van der Waals surface area contributed by atoms with Crippen LogP contribution in [0.3, 0.4) is 0 Å². The number of halogens is 2. The van der Waals surface area contributed by atoms with Crippen molar-refractivity contribution < 1.29 is 12.8 Å². The number of guanidine groups is 1. The molecule has 0 aliphatic heterocycles. The summed E-state index contributed by atoms with van der Waals surface area (Å²) >= 11 is 0. The first-order chi connectivity index (χ1) is 12.7. The van der Waals surface area contributed by atoms with Crippen LogP contribution in [0.5, 0.6) is 0 Å². The number of aryl methyl sites for hydroxylation is 1. The average Bonchev–Trinajstić information content (AvgIpc) is 2.65. The van der Waals surface area contributed by atoms with Crippen LogP contribution in [-0.2, 0) is 23.1 Å². The minimum absolute atomic E-state index is 0. The lowest BCUT2D eigenvalue weighted by molar-refractivity contribution is 0.520. The lowest BCUT2D eigenvalue weighted by atomic mass is 10.1. The van der Waals surface area contributed by atoms with E-state index in [0.717, 1.165) is 11.1 Å². The molecule has 2 aromatic rings. The van der Waals surface area contributed by atoms with Crippen LogP contribution >= 0.6 is 24.0 Å². The van der Waals surface area contributed by atoms with Gasteiger partial charge in [0.1, 0.15) is 5.82 Å². The average molecular weight is 520 g/mol. The number of aliphatic imine (C=N–C) groups is 1. The molecule has 154 valence electrons. The smallest absolute Gasteiger partial charge is 0.242 e. The Morgan fingerprint density at radius 1 is 1.04 bits per heavy atom. The molecule has 2 N–H and O–H groups in total. The van der Waals surface area contributed by atoms with Crippen LogP contribution in [0.15, 0.2) is 52.4 Å². The Morgan fingerprint density at radius 2 is 1.57 bits per heavy atom. The van der Waals surface area contributed by atoms with Crippen molar-refractivity contribution in [1.29, 1.82) is 0 Å². The van der Waals surface area contributed by atoms with Crippen molar-refractivity contribution in [2.24, 2.45) is 4.99 Å². The van der Waals surface area contributed by atoms with Crippen molar-refractivity contribution in [2.45, 2.75) is 24.9 Å². The number of benzene rings is 2. The summed E-state index contributed by atoms with van der Waals surface area (Å²) in [5.74, 6) is 0.339. The largest absolute Gasteiger partial charge is 0.352 e. The number of nitrogens with zero attached hydrogens (tertiary/aromatic N) is 2. The number of hydrogen-bond acceptors (Lipinski definition) is 3. The highest BCUT2D eigenvalue weighted by Gasteiger charge is 2.16. The predicted octanol–water partition coefficient (Wildman–Crippen LogP) is 2.87. The Bertz CT molecular complexity index is 916. The van der Waals surface area contributed by atoms with Gasteiger partial charge in [-0.1, -0.05) is 24.3 Å². The predicted molar refractivity (Wildman–Crippen MR) is 121 cm³/mol. The van der Waals surface area contributed by atoms with Crippen LogP contribution in [0.1, 0.15) is 16.7 Å². The van der Waals surface area contributed by atoms with Crippen LogP contribution in [0, 0.1) is 12.7 Å². The molecule has 0 saturated carbocycles. The van der Waals surface area contributed by atoms with Crippen LogP contribution < -0.4 is 10.6 Å². The third kappa shape index (κ3) is 6.42. The molecule has 0 bridgehead atoms. The van der Waals surface area contributed by atoms with Crippen LogP contribution in [0.2, 0.25) is 0 Å². The molecule has 6 nitrogen and oxygen atoms in total. The van der Waals surface area contributed by atoms with Crippen LogP contribution in [-0.4, -0.2) is 39.8 Å². The minimum atomic E-state index is -3.43. The van der Waals surface area contributed by atoms with Gasteiger partial charge >= 0.3 is 0 Å². The van der Waals surface area contributed by atoms with Gasteiger partial charge in [-0.2, -0.15) is 0 Å². The molecule has 28 heavy (non-hydrogen) atoms. The summed E-state index contributed by atoms with van der Waals surface area (Å²) in [5.41, 5.74) is 2.34. The van der Waals surface area contributed by atoms with E-state index in [1.54, 1.807) is 44.3 Å². The molecule has 0 saturated heterocycles. The molecule has 0 amide bonds. The van der Waals surface area contributed by atoms with Crippen molar-refractivity contribution in [3.05, 3.63) is 65.0 Å². The highest BCUT2D eigenvalue weighted by atomic mass is 127. The Morgan fingerprint density at radius 3 is 2.07 bits per heavy atom. The Hall–Kier alpha value is -1.72. The maximum Gasteiger partial charge on any atom is 0.242 e. The summed E-state index contributed by atoms with van der Waals surface area (Å²) in [7, 11) is 1.22. The Balaban J connectivity index is 0.00000392. The highest BCUT2D eigenvalue weighted by molar-refractivity contribution is 14.0. The molecular weight excluding hydrogens is 494 g/mol. The number of sulfonamides is 1. The van der Waals surface area contributed by atoms with E-state index in [1.165, 1.54) is 24.5 Å². The number of hydrogen-bond donors (Lipinski definition) is 2.